The summed E-state index contributed by atoms with van der Waals surface area (Å²) in [6, 6.07) is 11.8. The van der Waals surface area contributed by atoms with Crippen LogP contribution < -0.4 is 5.32 Å². The summed E-state index contributed by atoms with van der Waals surface area (Å²) in [6.07, 6.45) is 0.795. The Labute approximate surface area is 193 Å². The topological polar surface area (TPSA) is 75.4 Å². The number of hydrogen-bond acceptors (Lipinski definition) is 5. The van der Waals surface area contributed by atoms with E-state index in [-0.39, 0.29) is 17.0 Å². The Kier molecular flexibility index (Phi) is 5.74. The Morgan fingerprint density at radius 1 is 0.971 bits per heavy atom. The molecule has 3 aromatic heterocycles. The highest BCUT2D eigenvalue weighted by atomic mass is 19.4. The van der Waals surface area contributed by atoms with Crippen LogP contribution in [0.3, 0.4) is 0 Å². The second kappa shape index (κ2) is 8.86. The standard InChI is InChI=1S/C24H21F3N6O/c25-24(26,27)19-6-2-1-5-18(19)20-9-10-22-29-14-21(33(22)31-20)23(34)30-16-7-8-17(28-13-16)15-32-11-3-4-12-32/h1-2,5-10,13-14H,3-4,11-12,15H2,(H,30,34). The van der Waals surface area contributed by atoms with Crippen LogP contribution in [0.2, 0.25) is 0 Å². The number of benzene rings is 1. The van der Waals surface area contributed by atoms with E-state index in [1.54, 1.807) is 12.3 Å². The van der Waals surface area contributed by atoms with Crippen molar-refractivity contribution in [2.24, 2.45) is 0 Å². The first-order chi connectivity index (χ1) is 16.4. The smallest absolute Gasteiger partial charge is 0.319 e. The molecule has 34 heavy (non-hydrogen) atoms. The predicted molar refractivity (Wildman–Crippen MR) is 120 cm³/mol. The second-order valence-corrected chi connectivity index (χ2v) is 8.15. The molecule has 1 saturated heterocycles. The number of imidazole rings is 1. The molecule has 0 unspecified atom stereocenters. The number of nitrogens with one attached hydrogen (secondary N) is 1. The summed E-state index contributed by atoms with van der Waals surface area (Å²) >= 11 is 0. The molecular formula is C24H21F3N6O. The van der Waals surface area contributed by atoms with E-state index in [1.165, 1.54) is 53.9 Å². The van der Waals surface area contributed by atoms with Crippen LogP contribution in [0.1, 0.15) is 34.6 Å². The molecule has 10 heteroatoms. The number of rotatable bonds is 5. The van der Waals surface area contributed by atoms with Crippen molar-refractivity contribution in [3.63, 3.8) is 0 Å². The zero-order chi connectivity index (χ0) is 23.7. The summed E-state index contributed by atoms with van der Waals surface area (Å²) in [6.45, 7) is 2.90. The minimum Gasteiger partial charge on any atom is -0.319 e. The number of nitrogens with zero attached hydrogens (tertiary/aromatic N) is 5. The van der Waals surface area contributed by atoms with Gasteiger partial charge in [0, 0.05) is 12.1 Å². The number of carbonyl (C=O) groups excluding carboxylic acids is 1. The summed E-state index contributed by atoms with van der Waals surface area (Å²) in [7, 11) is 0. The van der Waals surface area contributed by atoms with Gasteiger partial charge in [0.1, 0.15) is 0 Å². The fourth-order valence-corrected chi connectivity index (χ4v) is 4.08. The molecule has 0 radical (unpaired) electrons. The van der Waals surface area contributed by atoms with E-state index >= 15 is 0 Å². The molecule has 0 bridgehead atoms. The van der Waals surface area contributed by atoms with Crippen LogP contribution in [0, 0.1) is 0 Å². The lowest BCUT2D eigenvalue weighted by molar-refractivity contribution is -0.137. The van der Waals surface area contributed by atoms with Crippen LogP contribution in [0.25, 0.3) is 16.9 Å². The molecule has 174 valence electrons. The maximum absolute atomic E-state index is 13.5. The summed E-state index contributed by atoms with van der Waals surface area (Å²) in [4.78, 5) is 23.8. The van der Waals surface area contributed by atoms with Crippen molar-refractivity contribution in [1.82, 2.24) is 24.5 Å². The molecule has 1 aliphatic rings. The van der Waals surface area contributed by atoms with Crippen LogP contribution in [0.4, 0.5) is 18.9 Å². The first-order valence-electron chi connectivity index (χ1n) is 10.9. The number of amides is 1. The third-order valence-electron chi connectivity index (χ3n) is 5.77. The Hall–Kier alpha value is -3.79. The van der Waals surface area contributed by atoms with Gasteiger partial charge in [-0.3, -0.25) is 14.7 Å². The normalized spacial score (nSPS) is 14.6. The van der Waals surface area contributed by atoms with Gasteiger partial charge in [-0.15, -0.1) is 0 Å². The molecule has 4 heterocycles. The fraction of sp³-hybridized carbons (Fsp3) is 0.250. The number of anilines is 1. The van der Waals surface area contributed by atoms with Crippen LogP contribution in [0.15, 0.2) is 60.9 Å². The molecule has 4 aromatic rings. The molecule has 7 nitrogen and oxygen atoms in total. The molecule has 5 rings (SSSR count). The van der Waals surface area contributed by atoms with Gasteiger partial charge in [-0.05, 0) is 56.3 Å². The molecule has 1 aromatic carbocycles. The van der Waals surface area contributed by atoms with Gasteiger partial charge >= 0.3 is 6.18 Å². The number of aromatic nitrogens is 4. The van der Waals surface area contributed by atoms with Crippen molar-refractivity contribution in [3.8, 4) is 11.3 Å². The molecule has 1 amide bonds. The van der Waals surface area contributed by atoms with E-state index < -0.39 is 17.6 Å². The summed E-state index contributed by atoms with van der Waals surface area (Å²) in [5, 5.41) is 7.04. The zero-order valence-electron chi connectivity index (χ0n) is 18.1. The number of hydrogen-bond donors (Lipinski definition) is 1. The van der Waals surface area contributed by atoms with E-state index in [9.17, 15) is 18.0 Å². The first kappa shape index (κ1) is 22.0. The van der Waals surface area contributed by atoms with Crippen molar-refractivity contribution in [2.75, 3.05) is 18.4 Å². The summed E-state index contributed by atoms with van der Waals surface area (Å²) < 4.78 is 41.6. The number of alkyl halides is 3. The van der Waals surface area contributed by atoms with Gasteiger partial charge < -0.3 is 5.32 Å². The number of halogens is 3. The Balaban J connectivity index is 1.39. The number of pyridine rings is 1. The van der Waals surface area contributed by atoms with Crippen molar-refractivity contribution in [1.29, 1.82) is 0 Å². The molecule has 1 fully saturated rings. The van der Waals surface area contributed by atoms with E-state index in [1.807, 2.05) is 6.07 Å². The van der Waals surface area contributed by atoms with E-state index in [0.717, 1.165) is 31.4 Å². The number of likely N-dealkylation sites (tertiary alicyclic amines) is 1. The highest BCUT2D eigenvalue weighted by molar-refractivity contribution is 6.03. The Bertz CT molecular complexity index is 1330. The monoisotopic (exact) mass is 466 g/mol. The highest BCUT2D eigenvalue weighted by Crippen LogP contribution is 2.36. The fourth-order valence-electron chi connectivity index (χ4n) is 4.08. The maximum atomic E-state index is 13.5. The maximum Gasteiger partial charge on any atom is 0.417 e. The SMILES string of the molecule is O=C(Nc1ccc(CN2CCCC2)nc1)c1cnc2ccc(-c3ccccc3C(F)(F)F)nn12. The zero-order valence-corrected chi connectivity index (χ0v) is 18.1. The summed E-state index contributed by atoms with van der Waals surface area (Å²) in [5.41, 5.74) is 1.08. The van der Waals surface area contributed by atoms with Gasteiger partial charge in [0.15, 0.2) is 11.3 Å². The molecule has 0 aliphatic carbocycles. The average Bonchev–Trinajstić information content (AvgIpc) is 3.49. The number of fused-ring (bicyclic) bond motifs is 1. The molecule has 1 aliphatic heterocycles. The lowest BCUT2D eigenvalue weighted by Gasteiger charge is -2.14. The van der Waals surface area contributed by atoms with E-state index in [2.05, 4.69) is 25.3 Å². The first-order valence-corrected chi connectivity index (χ1v) is 10.9. The van der Waals surface area contributed by atoms with Gasteiger partial charge in [-0.2, -0.15) is 18.3 Å². The van der Waals surface area contributed by atoms with Crippen LogP contribution in [-0.2, 0) is 12.7 Å². The quantitative estimate of drug-likeness (QED) is 0.463. The van der Waals surface area contributed by atoms with Crippen LogP contribution in [0.5, 0.6) is 0 Å². The second-order valence-electron chi connectivity index (χ2n) is 8.15. The third-order valence-corrected chi connectivity index (χ3v) is 5.77. The van der Waals surface area contributed by atoms with Gasteiger partial charge in [-0.1, -0.05) is 18.2 Å². The van der Waals surface area contributed by atoms with Crippen molar-refractivity contribution >= 4 is 17.2 Å². The molecule has 0 atom stereocenters. The molecular weight excluding hydrogens is 445 g/mol. The lowest BCUT2D eigenvalue weighted by Crippen LogP contribution is -2.19. The van der Waals surface area contributed by atoms with Gasteiger partial charge in [0.2, 0.25) is 0 Å². The highest BCUT2D eigenvalue weighted by Gasteiger charge is 2.33. The lowest BCUT2D eigenvalue weighted by atomic mass is 10.0. The van der Waals surface area contributed by atoms with Gasteiger partial charge in [0.25, 0.3) is 5.91 Å². The Morgan fingerprint density at radius 3 is 2.50 bits per heavy atom. The number of carbonyl (C=O) groups is 1. The molecule has 0 saturated carbocycles. The molecule has 1 N–H and O–H groups in total. The minimum absolute atomic E-state index is 0.0743. The van der Waals surface area contributed by atoms with E-state index in [0.29, 0.717) is 11.3 Å². The molecule has 0 spiro atoms. The van der Waals surface area contributed by atoms with Crippen molar-refractivity contribution in [2.45, 2.75) is 25.6 Å². The van der Waals surface area contributed by atoms with Gasteiger partial charge in [-0.25, -0.2) is 9.50 Å². The van der Waals surface area contributed by atoms with E-state index in [4.69, 9.17) is 0 Å². The Morgan fingerprint density at radius 2 is 1.76 bits per heavy atom. The third kappa shape index (κ3) is 4.49. The largest absolute Gasteiger partial charge is 0.417 e. The summed E-state index contributed by atoms with van der Waals surface area (Å²) in [5.74, 6) is -0.490. The minimum atomic E-state index is -4.53. The predicted octanol–water partition coefficient (Wildman–Crippen LogP) is 4.66. The average molecular weight is 466 g/mol. The van der Waals surface area contributed by atoms with Crippen LogP contribution in [-0.4, -0.2) is 43.5 Å². The van der Waals surface area contributed by atoms with Crippen molar-refractivity contribution < 1.29 is 18.0 Å². The van der Waals surface area contributed by atoms with Gasteiger partial charge in [0.05, 0.1) is 35.0 Å². The van der Waals surface area contributed by atoms with Crippen LogP contribution >= 0.6 is 0 Å². The van der Waals surface area contributed by atoms with Crippen molar-refractivity contribution in [3.05, 3.63) is 77.9 Å².